The summed E-state index contributed by atoms with van der Waals surface area (Å²) in [6.07, 6.45) is 0.691. The van der Waals surface area contributed by atoms with Crippen molar-refractivity contribution in [2.24, 2.45) is 0 Å². The molecule has 1 aliphatic rings. The molecule has 2 rings (SSSR count). The first-order chi connectivity index (χ1) is 7.07. The van der Waals surface area contributed by atoms with Gasteiger partial charge in [0.25, 0.3) is 0 Å². The van der Waals surface area contributed by atoms with Crippen LogP contribution in [0.15, 0.2) is 18.2 Å². The number of nitrogens with one attached hydrogen (secondary N) is 1. The molecule has 3 nitrogen and oxygen atoms in total. The molecule has 1 aromatic rings. The van der Waals surface area contributed by atoms with E-state index in [1.807, 2.05) is 32.0 Å². The molecule has 1 atom stereocenters. The van der Waals surface area contributed by atoms with Gasteiger partial charge in [-0.1, -0.05) is 18.2 Å². The van der Waals surface area contributed by atoms with Gasteiger partial charge in [0.1, 0.15) is 5.54 Å². The number of para-hydroxylation sites is 1. The third-order valence-corrected chi connectivity index (χ3v) is 2.94. The molecular formula is C12H15NO2. The lowest BCUT2D eigenvalue weighted by atomic mass is 9.98. The minimum Gasteiger partial charge on any atom is -0.467 e. The molecule has 0 fully saturated rings. The van der Waals surface area contributed by atoms with Crippen LogP contribution in [0.2, 0.25) is 0 Å². The van der Waals surface area contributed by atoms with Crippen molar-refractivity contribution in [1.82, 2.24) is 0 Å². The standard InChI is InChI=1S/C12H15NO2/c1-8-5-4-6-9-7-12(2,11(14)15-3)13-10(8)9/h4-6,13H,7H2,1-3H3. The van der Waals surface area contributed by atoms with Crippen LogP contribution in [-0.4, -0.2) is 18.6 Å². The molecule has 1 heterocycles. The maximum atomic E-state index is 11.6. The highest BCUT2D eigenvalue weighted by Gasteiger charge is 2.40. The van der Waals surface area contributed by atoms with E-state index in [9.17, 15) is 4.79 Å². The number of methoxy groups -OCH3 is 1. The van der Waals surface area contributed by atoms with E-state index < -0.39 is 5.54 Å². The molecule has 0 aliphatic carbocycles. The van der Waals surface area contributed by atoms with Gasteiger partial charge in [0, 0.05) is 12.1 Å². The lowest BCUT2D eigenvalue weighted by molar-refractivity contribution is -0.145. The molecule has 15 heavy (non-hydrogen) atoms. The number of rotatable bonds is 1. The minimum atomic E-state index is -0.608. The van der Waals surface area contributed by atoms with Gasteiger partial charge in [-0.3, -0.25) is 0 Å². The van der Waals surface area contributed by atoms with Crippen LogP contribution in [0.25, 0.3) is 0 Å². The third kappa shape index (κ3) is 1.48. The molecule has 0 radical (unpaired) electrons. The Bertz CT molecular complexity index is 414. The Balaban J connectivity index is 2.37. The smallest absolute Gasteiger partial charge is 0.331 e. The van der Waals surface area contributed by atoms with E-state index in [2.05, 4.69) is 5.32 Å². The highest BCUT2D eigenvalue weighted by Crippen LogP contribution is 2.35. The Kier molecular flexibility index (Phi) is 2.18. The molecule has 1 aliphatic heterocycles. The first-order valence-electron chi connectivity index (χ1n) is 5.02. The lowest BCUT2D eigenvalue weighted by Gasteiger charge is -2.21. The van der Waals surface area contributed by atoms with E-state index >= 15 is 0 Å². The quantitative estimate of drug-likeness (QED) is 0.711. The maximum absolute atomic E-state index is 11.6. The van der Waals surface area contributed by atoms with Crippen LogP contribution in [0.1, 0.15) is 18.1 Å². The van der Waals surface area contributed by atoms with Crippen LogP contribution < -0.4 is 5.32 Å². The Hall–Kier alpha value is -1.51. The van der Waals surface area contributed by atoms with E-state index in [0.29, 0.717) is 6.42 Å². The zero-order valence-electron chi connectivity index (χ0n) is 9.26. The Labute approximate surface area is 89.4 Å². The predicted octanol–water partition coefficient (Wildman–Crippen LogP) is 1.89. The number of hydrogen-bond donors (Lipinski definition) is 1. The van der Waals surface area contributed by atoms with Gasteiger partial charge in [0.2, 0.25) is 0 Å². The van der Waals surface area contributed by atoms with Crippen molar-refractivity contribution in [2.45, 2.75) is 25.8 Å². The second-order valence-corrected chi connectivity index (χ2v) is 4.23. The molecule has 80 valence electrons. The van der Waals surface area contributed by atoms with E-state index in [-0.39, 0.29) is 5.97 Å². The van der Waals surface area contributed by atoms with Crippen molar-refractivity contribution >= 4 is 11.7 Å². The highest BCUT2D eigenvalue weighted by atomic mass is 16.5. The topological polar surface area (TPSA) is 38.3 Å². The zero-order valence-corrected chi connectivity index (χ0v) is 9.26. The Morgan fingerprint density at radius 3 is 2.87 bits per heavy atom. The van der Waals surface area contributed by atoms with Crippen molar-refractivity contribution in [1.29, 1.82) is 0 Å². The molecule has 0 saturated carbocycles. The first-order valence-corrected chi connectivity index (χ1v) is 5.02. The van der Waals surface area contributed by atoms with E-state index in [1.54, 1.807) is 0 Å². The number of fused-ring (bicyclic) bond motifs is 1. The number of aryl methyl sites for hydroxylation is 1. The zero-order chi connectivity index (χ0) is 11.1. The van der Waals surface area contributed by atoms with Gasteiger partial charge >= 0.3 is 5.97 Å². The SMILES string of the molecule is COC(=O)C1(C)Cc2cccc(C)c2N1. The van der Waals surface area contributed by atoms with Gasteiger partial charge in [-0.05, 0) is 25.0 Å². The minimum absolute atomic E-state index is 0.210. The van der Waals surface area contributed by atoms with Crippen molar-refractivity contribution in [3.05, 3.63) is 29.3 Å². The molecule has 0 amide bonds. The van der Waals surface area contributed by atoms with E-state index in [1.165, 1.54) is 18.2 Å². The second-order valence-electron chi connectivity index (χ2n) is 4.23. The fraction of sp³-hybridized carbons (Fsp3) is 0.417. The summed E-state index contributed by atoms with van der Waals surface area (Å²) in [5, 5.41) is 3.26. The normalized spacial score (nSPS) is 23.1. The molecule has 0 aromatic heterocycles. The maximum Gasteiger partial charge on any atom is 0.331 e. The average Bonchev–Trinajstić information content (AvgIpc) is 2.57. The number of hydrogen-bond acceptors (Lipinski definition) is 3. The summed E-state index contributed by atoms with van der Waals surface area (Å²) in [4.78, 5) is 11.6. The van der Waals surface area contributed by atoms with Crippen LogP contribution >= 0.6 is 0 Å². The molecule has 0 spiro atoms. The van der Waals surface area contributed by atoms with E-state index in [4.69, 9.17) is 4.74 Å². The molecule has 1 aromatic carbocycles. The Morgan fingerprint density at radius 2 is 2.27 bits per heavy atom. The molecule has 3 heteroatoms. The number of anilines is 1. The van der Waals surface area contributed by atoms with Gasteiger partial charge in [-0.15, -0.1) is 0 Å². The van der Waals surface area contributed by atoms with E-state index in [0.717, 1.165) is 5.69 Å². The van der Waals surface area contributed by atoms with Crippen LogP contribution in [0.3, 0.4) is 0 Å². The number of esters is 1. The van der Waals surface area contributed by atoms with Gasteiger partial charge in [-0.25, -0.2) is 4.79 Å². The fourth-order valence-electron chi connectivity index (χ4n) is 2.10. The van der Waals surface area contributed by atoms with Crippen LogP contribution in [0.4, 0.5) is 5.69 Å². The fourth-order valence-corrected chi connectivity index (χ4v) is 2.10. The molecule has 0 bridgehead atoms. The van der Waals surface area contributed by atoms with Crippen LogP contribution in [-0.2, 0) is 16.0 Å². The van der Waals surface area contributed by atoms with Crippen molar-refractivity contribution in [2.75, 3.05) is 12.4 Å². The van der Waals surface area contributed by atoms with Crippen LogP contribution in [0.5, 0.6) is 0 Å². The molecular weight excluding hydrogens is 190 g/mol. The van der Waals surface area contributed by atoms with Crippen molar-refractivity contribution in [3.63, 3.8) is 0 Å². The Morgan fingerprint density at radius 1 is 1.53 bits per heavy atom. The summed E-state index contributed by atoms with van der Waals surface area (Å²) in [5.74, 6) is -0.210. The summed E-state index contributed by atoms with van der Waals surface area (Å²) < 4.78 is 4.81. The number of ether oxygens (including phenoxy) is 1. The van der Waals surface area contributed by atoms with Gasteiger partial charge in [0.05, 0.1) is 7.11 Å². The summed E-state index contributed by atoms with van der Waals surface area (Å²) in [6.45, 7) is 3.91. The monoisotopic (exact) mass is 205 g/mol. The van der Waals surface area contributed by atoms with Gasteiger partial charge < -0.3 is 10.1 Å². The molecule has 1 N–H and O–H groups in total. The van der Waals surface area contributed by atoms with Crippen molar-refractivity contribution in [3.8, 4) is 0 Å². The largest absolute Gasteiger partial charge is 0.467 e. The lowest BCUT2D eigenvalue weighted by Crippen LogP contribution is -2.42. The number of carbonyl (C=O) groups is 1. The summed E-state index contributed by atoms with van der Waals surface area (Å²) >= 11 is 0. The average molecular weight is 205 g/mol. The summed E-state index contributed by atoms with van der Waals surface area (Å²) in [7, 11) is 1.42. The number of carbonyl (C=O) groups excluding carboxylic acids is 1. The van der Waals surface area contributed by atoms with Crippen molar-refractivity contribution < 1.29 is 9.53 Å². The predicted molar refractivity (Wildman–Crippen MR) is 58.9 cm³/mol. The third-order valence-electron chi connectivity index (χ3n) is 2.94. The summed E-state index contributed by atoms with van der Waals surface area (Å²) in [6, 6.07) is 6.09. The molecule has 1 unspecified atom stereocenters. The second kappa shape index (κ2) is 3.26. The number of benzene rings is 1. The molecule has 0 saturated heterocycles. The van der Waals surface area contributed by atoms with Gasteiger partial charge in [-0.2, -0.15) is 0 Å². The summed E-state index contributed by atoms with van der Waals surface area (Å²) in [5.41, 5.74) is 2.82. The first kappa shape index (κ1) is 10.0. The van der Waals surface area contributed by atoms with Crippen LogP contribution in [0, 0.1) is 6.92 Å². The van der Waals surface area contributed by atoms with Gasteiger partial charge in [0.15, 0.2) is 0 Å². The highest BCUT2D eigenvalue weighted by molar-refractivity contribution is 5.88.